The summed E-state index contributed by atoms with van der Waals surface area (Å²) >= 11 is 1.67. The number of likely N-dealkylation sites (tertiary alicyclic amines) is 1. The van der Waals surface area contributed by atoms with Gasteiger partial charge in [0.05, 0.1) is 6.54 Å². The number of benzene rings is 1. The number of guanidine groups is 1. The number of rotatable bonds is 4. The second-order valence-corrected chi connectivity index (χ2v) is 6.11. The highest BCUT2D eigenvalue weighted by atomic mass is 32.2. The molecule has 110 valence electrons. The lowest BCUT2D eigenvalue weighted by Crippen LogP contribution is -2.38. The zero-order chi connectivity index (χ0) is 14.2. The Morgan fingerprint density at radius 2 is 1.80 bits per heavy atom. The summed E-state index contributed by atoms with van der Waals surface area (Å²) < 4.78 is 12.8. The fraction of sp³-hybridized carbons (Fsp3) is 0.533. The molecule has 1 aromatic carbocycles. The van der Waals surface area contributed by atoms with E-state index >= 15 is 0 Å². The van der Waals surface area contributed by atoms with E-state index in [0.717, 1.165) is 23.7 Å². The third-order valence-electron chi connectivity index (χ3n) is 3.38. The molecule has 5 heteroatoms. The van der Waals surface area contributed by atoms with Gasteiger partial charge in [0.1, 0.15) is 5.82 Å². The summed E-state index contributed by atoms with van der Waals surface area (Å²) in [5.74, 6) is 1.34. The molecule has 0 atom stereocenters. The Morgan fingerprint density at radius 1 is 1.15 bits per heavy atom. The van der Waals surface area contributed by atoms with Crippen molar-refractivity contribution in [2.24, 2.45) is 10.7 Å². The largest absolute Gasteiger partial charge is 0.370 e. The Kier molecular flexibility index (Phi) is 6.18. The average Bonchev–Trinajstić information content (AvgIpc) is 2.74. The van der Waals surface area contributed by atoms with Gasteiger partial charge in [0, 0.05) is 23.7 Å². The molecule has 2 rings (SSSR count). The van der Waals surface area contributed by atoms with Gasteiger partial charge in [-0.3, -0.25) is 4.99 Å². The van der Waals surface area contributed by atoms with E-state index in [1.54, 1.807) is 23.9 Å². The van der Waals surface area contributed by atoms with Gasteiger partial charge in [0.2, 0.25) is 0 Å². The number of aliphatic imine (C=N–C) groups is 1. The maximum Gasteiger partial charge on any atom is 0.191 e. The average molecular weight is 295 g/mol. The predicted molar refractivity (Wildman–Crippen MR) is 83.7 cm³/mol. The molecule has 0 aromatic heterocycles. The number of hydrogen-bond donors (Lipinski definition) is 1. The Bertz CT molecular complexity index is 425. The minimum atomic E-state index is -0.197. The van der Waals surface area contributed by atoms with E-state index in [-0.39, 0.29) is 5.82 Å². The molecule has 1 heterocycles. The molecule has 20 heavy (non-hydrogen) atoms. The first-order valence-electron chi connectivity index (χ1n) is 7.19. The number of nitrogens with two attached hydrogens (primary N) is 1. The summed E-state index contributed by atoms with van der Waals surface area (Å²) in [6, 6.07) is 6.55. The molecular weight excluding hydrogens is 273 g/mol. The van der Waals surface area contributed by atoms with Crippen LogP contribution in [-0.2, 0) is 0 Å². The number of hydrogen-bond acceptors (Lipinski definition) is 2. The van der Waals surface area contributed by atoms with Crippen molar-refractivity contribution >= 4 is 17.7 Å². The van der Waals surface area contributed by atoms with Crippen LogP contribution in [0.1, 0.15) is 25.7 Å². The van der Waals surface area contributed by atoms with E-state index < -0.39 is 0 Å². The summed E-state index contributed by atoms with van der Waals surface area (Å²) in [5.41, 5.74) is 6.03. The molecule has 0 saturated carbocycles. The summed E-state index contributed by atoms with van der Waals surface area (Å²) in [6.07, 6.45) is 5.01. The van der Waals surface area contributed by atoms with Crippen LogP contribution in [0.4, 0.5) is 4.39 Å². The first-order valence-corrected chi connectivity index (χ1v) is 8.17. The fourth-order valence-electron chi connectivity index (χ4n) is 2.25. The van der Waals surface area contributed by atoms with E-state index in [9.17, 15) is 4.39 Å². The van der Waals surface area contributed by atoms with Crippen molar-refractivity contribution in [3.63, 3.8) is 0 Å². The molecule has 0 aliphatic carbocycles. The molecule has 0 bridgehead atoms. The van der Waals surface area contributed by atoms with Crippen LogP contribution < -0.4 is 5.73 Å². The van der Waals surface area contributed by atoms with E-state index in [4.69, 9.17) is 5.73 Å². The molecule has 1 fully saturated rings. The lowest BCUT2D eigenvalue weighted by atomic mass is 10.2. The van der Waals surface area contributed by atoms with Crippen LogP contribution in [-0.4, -0.2) is 36.2 Å². The standard InChI is InChI=1S/C15H22FN3S/c16-13-5-7-14(8-6-13)20-12-9-18-15(17)19-10-3-1-2-4-11-19/h5-8H,1-4,9-12H2,(H2,17,18). The molecule has 1 aliphatic heterocycles. The van der Waals surface area contributed by atoms with Crippen molar-refractivity contribution in [3.8, 4) is 0 Å². The van der Waals surface area contributed by atoms with E-state index in [1.165, 1.54) is 37.8 Å². The van der Waals surface area contributed by atoms with Gasteiger partial charge in [-0.25, -0.2) is 4.39 Å². The normalized spacial score (nSPS) is 17.1. The smallest absolute Gasteiger partial charge is 0.191 e. The Labute approximate surface area is 124 Å². The quantitative estimate of drug-likeness (QED) is 0.402. The molecule has 1 aromatic rings. The summed E-state index contributed by atoms with van der Waals surface area (Å²) in [6.45, 7) is 2.76. The topological polar surface area (TPSA) is 41.6 Å². The van der Waals surface area contributed by atoms with Crippen LogP contribution in [0, 0.1) is 5.82 Å². The van der Waals surface area contributed by atoms with Crippen molar-refractivity contribution in [1.29, 1.82) is 0 Å². The maximum absolute atomic E-state index is 12.8. The van der Waals surface area contributed by atoms with Gasteiger partial charge < -0.3 is 10.6 Å². The van der Waals surface area contributed by atoms with Crippen LogP contribution in [0.3, 0.4) is 0 Å². The van der Waals surface area contributed by atoms with Crippen molar-refractivity contribution in [2.45, 2.75) is 30.6 Å². The molecule has 1 saturated heterocycles. The Morgan fingerprint density at radius 3 is 2.45 bits per heavy atom. The van der Waals surface area contributed by atoms with Gasteiger partial charge in [-0.15, -0.1) is 11.8 Å². The van der Waals surface area contributed by atoms with Crippen LogP contribution in [0.15, 0.2) is 34.2 Å². The molecular formula is C15H22FN3S. The first kappa shape index (κ1) is 15.2. The zero-order valence-corrected chi connectivity index (χ0v) is 12.5. The van der Waals surface area contributed by atoms with E-state index in [2.05, 4.69) is 9.89 Å². The Hall–Kier alpha value is -1.23. The van der Waals surface area contributed by atoms with Crippen molar-refractivity contribution in [2.75, 3.05) is 25.4 Å². The lowest BCUT2D eigenvalue weighted by molar-refractivity contribution is 0.429. The molecule has 0 spiro atoms. The zero-order valence-electron chi connectivity index (χ0n) is 11.7. The molecule has 0 unspecified atom stereocenters. The van der Waals surface area contributed by atoms with E-state index in [1.807, 2.05) is 0 Å². The van der Waals surface area contributed by atoms with Crippen LogP contribution in [0.25, 0.3) is 0 Å². The highest BCUT2D eigenvalue weighted by Crippen LogP contribution is 2.17. The predicted octanol–water partition coefficient (Wildman–Crippen LogP) is 3.11. The number of halogens is 1. The SMILES string of the molecule is NC(=NCCSc1ccc(F)cc1)N1CCCCCC1. The second kappa shape index (κ2) is 8.15. The van der Waals surface area contributed by atoms with Crippen molar-refractivity contribution in [1.82, 2.24) is 4.90 Å². The third-order valence-corrected chi connectivity index (χ3v) is 4.37. The van der Waals surface area contributed by atoms with Gasteiger partial charge in [-0.2, -0.15) is 0 Å². The maximum atomic E-state index is 12.8. The van der Waals surface area contributed by atoms with Gasteiger partial charge in [-0.05, 0) is 37.1 Å². The molecule has 2 N–H and O–H groups in total. The minimum absolute atomic E-state index is 0.197. The highest BCUT2D eigenvalue weighted by Gasteiger charge is 2.10. The monoisotopic (exact) mass is 295 g/mol. The molecule has 1 aliphatic rings. The van der Waals surface area contributed by atoms with Gasteiger partial charge in [-0.1, -0.05) is 12.8 Å². The third kappa shape index (κ3) is 5.04. The lowest BCUT2D eigenvalue weighted by Gasteiger charge is -2.21. The summed E-state index contributed by atoms with van der Waals surface area (Å²) in [7, 11) is 0. The summed E-state index contributed by atoms with van der Waals surface area (Å²) in [4.78, 5) is 7.70. The second-order valence-electron chi connectivity index (χ2n) is 4.94. The minimum Gasteiger partial charge on any atom is -0.370 e. The van der Waals surface area contributed by atoms with Crippen LogP contribution in [0.2, 0.25) is 0 Å². The Balaban J connectivity index is 1.73. The summed E-state index contributed by atoms with van der Waals surface area (Å²) in [5, 5.41) is 0. The molecule has 3 nitrogen and oxygen atoms in total. The number of nitrogens with zero attached hydrogens (tertiary/aromatic N) is 2. The van der Waals surface area contributed by atoms with Gasteiger partial charge in [0.15, 0.2) is 5.96 Å². The molecule has 0 amide bonds. The van der Waals surface area contributed by atoms with Gasteiger partial charge in [0.25, 0.3) is 0 Å². The highest BCUT2D eigenvalue weighted by molar-refractivity contribution is 7.99. The first-order chi connectivity index (χ1) is 9.75. The fourth-order valence-corrected chi connectivity index (χ4v) is 3.00. The van der Waals surface area contributed by atoms with E-state index in [0.29, 0.717) is 12.5 Å². The number of thioether (sulfide) groups is 1. The van der Waals surface area contributed by atoms with Crippen molar-refractivity contribution in [3.05, 3.63) is 30.1 Å². The van der Waals surface area contributed by atoms with Gasteiger partial charge >= 0.3 is 0 Å². The molecule has 0 radical (unpaired) electrons. The van der Waals surface area contributed by atoms with Crippen LogP contribution >= 0.6 is 11.8 Å². The van der Waals surface area contributed by atoms with Crippen LogP contribution in [0.5, 0.6) is 0 Å². The van der Waals surface area contributed by atoms with Crippen molar-refractivity contribution < 1.29 is 4.39 Å².